The van der Waals surface area contributed by atoms with Crippen molar-refractivity contribution in [1.82, 2.24) is 14.5 Å². The van der Waals surface area contributed by atoms with Gasteiger partial charge in [-0.3, -0.25) is 4.68 Å². The molecule has 1 aromatic heterocycles. The molecule has 0 saturated heterocycles. The van der Waals surface area contributed by atoms with Gasteiger partial charge in [0, 0.05) is 29.9 Å². The van der Waals surface area contributed by atoms with Crippen LogP contribution in [0.3, 0.4) is 0 Å². The molecule has 0 saturated carbocycles. The molecule has 0 fully saturated rings. The highest BCUT2D eigenvalue weighted by molar-refractivity contribution is 7.89. The van der Waals surface area contributed by atoms with E-state index in [4.69, 9.17) is 0 Å². The molecule has 4 rings (SSSR count). The summed E-state index contributed by atoms with van der Waals surface area (Å²) in [5.74, 6) is -1.91. The lowest BCUT2D eigenvalue weighted by Gasteiger charge is -2.07. The zero-order chi connectivity index (χ0) is 21.8. The van der Waals surface area contributed by atoms with Crippen LogP contribution in [0.15, 0.2) is 90.0 Å². The second kappa shape index (κ2) is 8.79. The van der Waals surface area contributed by atoms with Gasteiger partial charge in [0.15, 0.2) is 0 Å². The van der Waals surface area contributed by atoms with E-state index in [0.717, 1.165) is 23.3 Å². The van der Waals surface area contributed by atoms with Crippen molar-refractivity contribution in [3.05, 3.63) is 108 Å². The van der Waals surface area contributed by atoms with Crippen molar-refractivity contribution in [2.75, 3.05) is 0 Å². The Hall–Kier alpha value is -3.36. The first-order valence-corrected chi connectivity index (χ1v) is 11.0. The molecule has 3 aromatic carbocycles. The van der Waals surface area contributed by atoms with E-state index in [1.54, 1.807) is 10.9 Å². The van der Waals surface area contributed by atoms with E-state index in [9.17, 15) is 17.2 Å². The molecule has 0 radical (unpaired) electrons. The van der Waals surface area contributed by atoms with Gasteiger partial charge >= 0.3 is 0 Å². The van der Waals surface area contributed by atoms with Gasteiger partial charge in [-0.25, -0.2) is 21.9 Å². The van der Waals surface area contributed by atoms with Crippen LogP contribution >= 0.6 is 0 Å². The molecule has 5 nitrogen and oxygen atoms in total. The fraction of sp³-hybridized carbons (Fsp3) is 0.0870. The van der Waals surface area contributed by atoms with Crippen molar-refractivity contribution in [2.24, 2.45) is 0 Å². The lowest BCUT2D eigenvalue weighted by molar-refractivity contribution is 0.561. The fourth-order valence-corrected chi connectivity index (χ4v) is 4.27. The molecule has 1 N–H and O–H groups in total. The monoisotopic (exact) mass is 439 g/mol. The summed E-state index contributed by atoms with van der Waals surface area (Å²) < 4.78 is 56.3. The number of hydrogen-bond acceptors (Lipinski definition) is 3. The molecule has 31 heavy (non-hydrogen) atoms. The van der Waals surface area contributed by atoms with Crippen LogP contribution in [0.5, 0.6) is 0 Å². The van der Waals surface area contributed by atoms with E-state index >= 15 is 0 Å². The first kappa shape index (κ1) is 20.9. The Morgan fingerprint density at radius 1 is 0.871 bits per heavy atom. The van der Waals surface area contributed by atoms with Crippen LogP contribution in [0, 0.1) is 11.6 Å². The van der Waals surface area contributed by atoms with Crippen molar-refractivity contribution in [1.29, 1.82) is 0 Å². The van der Waals surface area contributed by atoms with Gasteiger partial charge in [-0.15, -0.1) is 0 Å². The van der Waals surface area contributed by atoms with Crippen molar-refractivity contribution < 1.29 is 17.2 Å². The van der Waals surface area contributed by atoms with Gasteiger partial charge in [0.05, 0.1) is 17.1 Å². The molecular weight excluding hydrogens is 420 g/mol. The Labute approximate surface area is 179 Å². The minimum atomic E-state index is -4.12. The maximum atomic E-state index is 13.5. The average Bonchev–Trinajstić information content (AvgIpc) is 3.16. The summed E-state index contributed by atoms with van der Waals surface area (Å²) in [6.07, 6.45) is 1.77. The van der Waals surface area contributed by atoms with Gasteiger partial charge in [-0.05, 0) is 17.7 Å². The lowest BCUT2D eigenvalue weighted by Crippen LogP contribution is -2.23. The highest BCUT2D eigenvalue weighted by Gasteiger charge is 2.19. The van der Waals surface area contributed by atoms with Crippen LogP contribution in [0.2, 0.25) is 0 Å². The number of benzene rings is 3. The summed E-state index contributed by atoms with van der Waals surface area (Å²) >= 11 is 0. The molecule has 0 bridgehead atoms. The van der Waals surface area contributed by atoms with E-state index < -0.39 is 26.6 Å². The molecule has 0 aliphatic rings. The van der Waals surface area contributed by atoms with Crippen molar-refractivity contribution >= 4 is 10.0 Å². The topological polar surface area (TPSA) is 64.0 Å². The first-order chi connectivity index (χ1) is 14.9. The second-order valence-electron chi connectivity index (χ2n) is 6.98. The zero-order valence-corrected chi connectivity index (χ0v) is 17.2. The molecular formula is C23H19F2N3O2S. The number of rotatable bonds is 7. The summed E-state index contributed by atoms with van der Waals surface area (Å²) in [5, 5.41) is 4.64. The predicted molar refractivity (Wildman–Crippen MR) is 114 cm³/mol. The van der Waals surface area contributed by atoms with E-state index in [1.807, 2.05) is 60.7 Å². The van der Waals surface area contributed by atoms with E-state index in [-0.39, 0.29) is 6.54 Å². The molecule has 0 aliphatic carbocycles. The molecule has 1 heterocycles. The van der Waals surface area contributed by atoms with Gasteiger partial charge in [0.25, 0.3) is 0 Å². The van der Waals surface area contributed by atoms with Crippen LogP contribution in [0.25, 0.3) is 11.3 Å². The Bertz CT molecular complexity index is 1270. The molecule has 8 heteroatoms. The highest BCUT2D eigenvalue weighted by atomic mass is 32.2. The Morgan fingerprint density at radius 3 is 2.13 bits per heavy atom. The molecule has 0 amide bonds. The fourth-order valence-electron chi connectivity index (χ4n) is 3.22. The minimum Gasteiger partial charge on any atom is -0.267 e. The van der Waals surface area contributed by atoms with E-state index in [1.165, 1.54) is 0 Å². The number of sulfonamides is 1. The maximum absolute atomic E-state index is 13.5. The number of aromatic nitrogens is 2. The number of nitrogens with one attached hydrogen (secondary N) is 1. The largest absolute Gasteiger partial charge is 0.267 e. The van der Waals surface area contributed by atoms with Gasteiger partial charge in [-0.1, -0.05) is 60.7 Å². The molecule has 0 atom stereocenters. The summed E-state index contributed by atoms with van der Waals surface area (Å²) in [5.41, 5.74) is 3.15. The van der Waals surface area contributed by atoms with E-state index in [0.29, 0.717) is 23.9 Å². The van der Waals surface area contributed by atoms with Crippen LogP contribution < -0.4 is 4.72 Å². The van der Waals surface area contributed by atoms with Gasteiger partial charge in [0.1, 0.15) is 11.6 Å². The Kier molecular flexibility index (Phi) is 5.92. The number of halogens is 2. The maximum Gasteiger partial charge on any atom is 0.241 e. The summed E-state index contributed by atoms with van der Waals surface area (Å²) in [7, 11) is -4.12. The van der Waals surface area contributed by atoms with Crippen molar-refractivity contribution in [3.63, 3.8) is 0 Å². The van der Waals surface area contributed by atoms with Crippen molar-refractivity contribution in [3.8, 4) is 11.3 Å². The van der Waals surface area contributed by atoms with Gasteiger partial charge in [0.2, 0.25) is 10.0 Å². The van der Waals surface area contributed by atoms with Crippen LogP contribution in [-0.2, 0) is 23.1 Å². The third kappa shape index (κ3) is 5.04. The van der Waals surface area contributed by atoms with Gasteiger partial charge < -0.3 is 0 Å². The zero-order valence-electron chi connectivity index (χ0n) is 16.4. The summed E-state index contributed by atoms with van der Waals surface area (Å²) in [6.45, 7) is 0.433. The first-order valence-electron chi connectivity index (χ1n) is 9.52. The molecule has 0 unspecified atom stereocenters. The molecule has 0 aliphatic heterocycles. The summed E-state index contributed by atoms with van der Waals surface area (Å²) in [6, 6.07) is 21.3. The van der Waals surface area contributed by atoms with Crippen LogP contribution in [0.1, 0.15) is 11.1 Å². The smallest absolute Gasteiger partial charge is 0.241 e. The second-order valence-corrected chi connectivity index (χ2v) is 8.75. The SMILES string of the molecule is O=S(=O)(NCc1cn(Cc2ccccc2)nc1-c1ccccc1)c1cc(F)cc(F)c1. The Morgan fingerprint density at radius 2 is 1.48 bits per heavy atom. The third-order valence-electron chi connectivity index (χ3n) is 4.67. The summed E-state index contributed by atoms with van der Waals surface area (Å²) in [4.78, 5) is -0.470. The molecule has 4 aromatic rings. The average molecular weight is 439 g/mol. The van der Waals surface area contributed by atoms with Crippen LogP contribution in [0.4, 0.5) is 8.78 Å². The number of hydrogen-bond donors (Lipinski definition) is 1. The minimum absolute atomic E-state index is 0.0838. The molecule has 158 valence electrons. The molecule has 0 spiro atoms. The van der Waals surface area contributed by atoms with Crippen molar-refractivity contribution in [2.45, 2.75) is 18.0 Å². The predicted octanol–water partition coefficient (Wildman–Crippen LogP) is 4.36. The van der Waals surface area contributed by atoms with E-state index in [2.05, 4.69) is 9.82 Å². The lowest BCUT2D eigenvalue weighted by atomic mass is 10.1. The van der Waals surface area contributed by atoms with Gasteiger partial charge in [-0.2, -0.15) is 5.10 Å². The number of nitrogens with zero attached hydrogens (tertiary/aromatic N) is 2. The Balaban J connectivity index is 1.63. The third-order valence-corrected chi connectivity index (χ3v) is 6.05. The normalized spacial score (nSPS) is 11.5. The van der Waals surface area contributed by atoms with Crippen LogP contribution in [-0.4, -0.2) is 18.2 Å². The highest BCUT2D eigenvalue weighted by Crippen LogP contribution is 2.23. The quantitative estimate of drug-likeness (QED) is 0.466. The standard InChI is InChI=1S/C23H19F2N3O2S/c24-20-11-21(25)13-22(12-20)31(29,30)26-14-19-16-28(15-17-7-3-1-4-8-17)27-23(19)18-9-5-2-6-10-18/h1-13,16,26H,14-15H2.